The average molecular weight is 569 g/mol. The molecule has 0 radical (unpaired) electrons. The van der Waals surface area contributed by atoms with E-state index in [1.165, 1.54) is 12.1 Å². The van der Waals surface area contributed by atoms with E-state index >= 15 is 0 Å². The molecule has 1 aromatic heterocycles. The van der Waals surface area contributed by atoms with Crippen LogP contribution in [0.4, 0.5) is 4.39 Å². The number of carbonyl (C=O) groups excluding carboxylic acids is 1. The molecule has 37 heavy (non-hydrogen) atoms. The third kappa shape index (κ3) is 5.72. The van der Waals surface area contributed by atoms with E-state index < -0.39 is 0 Å². The van der Waals surface area contributed by atoms with Crippen LogP contribution in [0.1, 0.15) is 68.6 Å². The molecule has 0 aliphatic heterocycles. The number of hydrogen-bond acceptors (Lipinski definition) is 3. The van der Waals surface area contributed by atoms with E-state index in [2.05, 4.69) is 0 Å². The number of para-hydroxylation sites is 2. The maximum absolute atomic E-state index is 13.6. The lowest BCUT2D eigenvalue weighted by Gasteiger charge is -2.28. The van der Waals surface area contributed by atoms with Crippen molar-refractivity contribution in [2.45, 2.75) is 65.5 Å². The fourth-order valence-electron chi connectivity index (χ4n) is 4.56. The molecule has 0 fully saturated rings. The molecular weight excluding hydrogens is 533 g/mol. The molecule has 2 N–H and O–H groups in total. The van der Waals surface area contributed by atoms with Gasteiger partial charge in [0.1, 0.15) is 11.6 Å². The fraction of sp³-hybridized carbons (Fsp3) is 0.333. The second-order valence-electron chi connectivity index (χ2n) is 11.5. The summed E-state index contributed by atoms with van der Waals surface area (Å²) in [4.78, 5) is 13.6. The Morgan fingerprint density at radius 2 is 1.35 bits per heavy atom. The zero-order valence-electron chi connectivity index (χ0n) is 22.2. The average Bonchev–Trinajstić information content (AvgIpc) is 3.05. The van der Waals surface area contributed by atoms with Crippen LogP contribution in [0.15, 0.2) is 60.7 Å². The third-order valence-electron chi connectivity index (χ3n) is 6.58. The maximum Gasteiger partial charge on any atom is 0.203 e. The number of benzene rings is 3. The summed E-state index contributed by atoms with van der Waals surface area (Å²) in [6.45, 7) is 12.5. The Kier molecular flexibility index (Phi) is 7.89. The first-order valence-electron chi connectivity index (χ1n) is 12.2. The van der Waals surface area contributed by atoms with Crippen molar-refractivity contribution in [2.75, 3.05) is 0 Å². The number of imidazole rings is 1. The summed E-state index contributed by atoms with van der Waals surface area (Å²) in [5.41, 5.74) is 3.96. The lowest BCUT2D eigenvalue weighted by Crippen LogP contribution is -2.28. The van der Waals surface area contributed by atoms with Gasteiger partial charge in [0.25, 0.3) is 0 Å². The topological polar surface area (TPSA) is 71.0 Å². The zero-order chi connectivity index (χ0) is 26.4. The van der Waals surface area contributed by atoms with E-state index in [-0.39, 0.29) is 57.3 Å². The van der Waals surface area contributed by atoms with Gasteiger partial charge in [-0.05, 0) is 52.8 Å². The van der Waals surface area contributed by atoms with Crippen LogP contribution in [-0.2, 0) is 23.9 Å². The van der Waals surface area contributed by atoms with Crippen molar-refractivity contribution in [1.82, 2.24) is 9.13 Å². The highest BCUT2D eigenvalue weighted by molar-refractivity contribution is 8.93. The lowest BCUT2D eigenvalue weighted by molar-refractivity contribution is 0.0971. The van der Waals surface area contributed by atoms with Gasteiger partial charge in [0.2, 0.25) is 5.62 Å². The highest BCUT2D eigenvalue weighted by atomic mass is 79.9. The third-order valence-corrected chi connectivity index (χ3v) is 6.58. The molecular formula is C30H35BrFN3O2. The van der Waals surface area contributed by atoms with Gasteiger partial charge in [-0.3, -0.25) is 10.2 Å². The quantitative estimate of drug-likeness (QED) is 0.258. The molecule has 7 heteroatoms. The number of aromatic nitrogens is 2. The Morgan fingerprint density at radius 1 is 0.865 bits per heavy atom. The largest absolute Gasteiger partial charge is 0.507 e. The number of ketones is 1. The molecule has 0 saturated carbocycles. The molecule has 0 spiro atoms. The number of phenolic OH excluding ortho intramolecular Hbond substituents is 1. The molecule has 4 aromatic rings. The van der Waals surface area contributed by atoms with Crippen molar-refractivity contribution < 1.29 is 14.3 Å². The van der Waals surface area contributed by atoms with Gasteiger partial charge in [-0.25, -0.2) is 4.39 Å². The summed E-state index contributed by atoms with van der Waals surface area (Å²) in [5.74, 6) is -0.202. The van der Waals surface area contributed by atoms with Crippen LogP contribution in [0, 0.1) is 11.2 Å². The molecule has 3 aromatic carbocycles. The maximum atomic E-state index is 13.6. The first-order valence-corrected chi connectivity index (χ1v) is 12.2. The van der Waals surface area contributed by atoms with Crippen LogP contribution >= 0.6 is 17.0 Å². The van der Waals surface area contributed by atoms with Gasteiger partial charge < -0.3 is 14.2 Å². The monoisotopic (exact) mass is 567 g/mol. The normalized spacial score (nSPS) is 12.0. The molecule has 0 unspecified atom stereocenters. The van der Waals surface area contributed by atoms with Gasteiger partial charge in [0.15, 0.2) is 5.78 Å². The smallest absolute Gasteiger partial charge is 0.203 e. The van der Waals surface area contributed by atoms with Gasteiger partial charge in [-0.1, -0.05) is 65.8 Å². The Balaban J connectivity index is 0.00000380. The number of nitrogens with zero attached hydrogens (tertiary/aromatic N) is 2. The molecule has 196 valence electrons. The molecule has 0 atom stereocenters. The molecule has 0 amide bonds. The summed E-state index contributed by atoms with van der Waals surface area (Å²) in [5, 5.41) is 19.9. The second kappa shape index (κ2) is 10.3. The summed E-state index contributed by atoms with van der Waals surface area (Å²) in [7, 11) is 0. The fourth-order valence-corrected chi connectivity index (χ4v) is 4.56. The molecule has 0 bridgehead atoms. The summed E-state index contributed by atoms with van der Waals surface area (Å²) < 4.78 is 16.9. The lowest BCUT2D eigenvalue weighted by atomic mass is 9.78. The van der Waals surface area contributed by atoms with Crippen molar-refractivity contribution in [3.8, 4) is 5.75 Å². The predicted octanol–water partition coefficient (Wildman–Crippen LogP) is 6.87. The highest BCUT2D eigenvalue weighted by Gasteiger charge is 2.28. The van der Waals surface area contributed by atoms with Crippen molar-refractivity contribution >= 4 is 33.8 Å². The summed E-state index contributed by atoms with van der Waals surface area (Å²) >= 11 is 0. The van der Waals surface area contributed by atoms with E-state index in [9.17, 15) is 14.3 Å². The van der Waals surface area contributed by atoms with Crippen molar-refractivity contribution in [3.63, 3.8) is 0 Å². The molecule has 0 aliphatic carbocycles. The number of rotatable bonds is 5. The van der Waals surface area contributed by atoms with E-state index in [0.717, 1.165) is 27.7 Å². The minimum absolute atomic E-state index is 0. The van der Waals surface area contributed by atoms with Crippen LogP contribution in [0.3, 0.4) is 0 Å². The van der Waals surface area contributed by atoms with Gasteiger partial charge >= 0.3 is 0 Å². The minimum atomic E-state index is -0.348. The van der Waals surface area contributed by atoms with E-state index in [1.54, 1.807) is 28.8 Å². The van der Waals surface area contributed by atoms with Gasteiger partial charge in [0, 0.05) is 16.7 Å². The Morgan fingerprint density at radius 3 is 1.84 bits per heavy atom. The minimum Gasteiger partial charge on any atom is -0.507 e. The number of carbonyl (C=O) groups is 1. The first-order chi connectivity index (χ1) is 16.8. The first kappa shape index (κ1) is 28.4. The van der Waals surface area contributed by atoms with Gasteiger partial charge in [0.05, 0.1) is 24.1 Å². The summed E-state index contributed by atoms with van der Waals surface area (Å²) in [6.07, 6.45) is 0. The highest BCUT2D eigenvalue weighted by Crippen LogP contribution is 2.40. The van der Waals surface area contributed by atoms with Crippen LogP contribution in [0.25, 0.3) is 11.0 Å². The number of halogens is 2. The number of hydrogen-bond donors (Lipinski definition) is 2. The van der Waals surface area contributed by atoms with E-state index in [0.29, 0.717) is 12.1 Å². The standard InChI is InChI=1S/C30H34FN3O2.BrH/c1-29(2,3)22-15-20(16-23(27(22)36)30(4,5)6)26(35)18-34-25-10-8-7-9-24(25)33(28(34)32)17-19-11-13-21(31)14-12-19;/h7-16,32,36H,17-18H2,1-6H3;1H. The molecule has 0 aliphatic rings. The Labute approximate surface area is 227 Å². The van der Waals surface area contributed by atoms with E-state index in [1.807, 2.05) is 70.4 Å². The van der Waals surface area contributed by atoms with Crippen LogP contribution in [0.2, 0.25) is 0 Å². The Bertz CT molecular complexity index is 1470. The van der Waals surface area contributed by atoms with Gasteiger partial charge in [-0.15, -0.1) is 17.0 Å². The van der Waals surface area contributed by atoms with E-state index in [4.69, 9.17) is 5.41 Å². The van der Waals surface area contributed by atoms with Crippen molar-refractivity contribution in [2.24, 2.45) is 0 Å². The van der Waals surface area contributed by atoms with Crippen LogP contribution in [-0.4, -0.2) is 20.0 Å². The molecule has 0 saturated heterocycles. The summed E-state index contributed by atoms with van der Waals surface area (Å²) in [6, 6.07) is 17.4. The van der Waals surface area contributed by atoms with Crippen molar-refractivity contribution in [3.05, 3.63) is 94.4 Å². The Hall–Kier alpha value is -3.19. The van der Waals surface area contributed by atoms with Crippen molar-refractivity contribution in [1.29, 1.82) is 5.41 Å². The van der Waals surface area contributed by atoms with Crippen LogP contribution < -0.4 is 5.62 Å². The van der Waals surface area contributed by atoms with Gasteiger partial charge in [-0.2, -0.15) is 0 Å². The number of phenols is 1. The number of nitrogens with one attached hydrogen (secondary N) is 1. The second-order valence-corrected chi connectivity index (χ2v) is 11.5. The van der Waals surface area contributed by atoms with Crippen LogP contribution in [0.5, 0.6) is 5.75 Å². The number of fused-ring (bicyclic) bond motifs is 1. The molecule has 4 rings (SSSR count). The zero-order valence-corrected chi connectivity index (χ0v) is 23.9. The molecule has 5 nitrogen and oxygen atoms in total. The molecule has 1 heterocycles. The predicted molar refractivity (Wildman–Crippen MR) is 151 cm³/mol. The number of aromatic hydroxyl groups is 1. The SMILES string of the molecule is Br.CC(C)(C)c1cc(C(=O)Cn2c(=N)n(Cc3ccc(F)cc3)c3ccccc32)cc(C(C)(C)C)c1O. The number of Topliss-reactive ketones (excluding diaryl/α,β-unsaturated/α-hetero) is 1.